The second-order valence-electron chi connectivity index (χ2n) is 4.45. The standard InChI is InChI=1S/C6H5.C4H9.2CHF3O3S.Sn/c1-2-4-6-5-3-1;1-3-4-2;2*2-1(3,4)8(5,6)7;/h1-5H;1,3-4H2,2H3;2*(H,5,6,7);/q;;;;+2/p-2. The minimum atomic E-state index is -6.09. The molecular formula is C12H14F6O6S2Sn. The number of hydrogen-bond acceptors (Lipinski definition) is 6. The first-order valence-electron chi connectivity index (χ1n) is 6.76. The monoisotopic (exact) mass is 552 g/mol. The molecule has 0 aromatic heterocycles. The third kappa shape index (κ3) is 15.1. The van der Waals surface area contributed by atoms with Crippen molar-refractivity contribution >= 4 is 45.0 Å². The van der Waals surface area contributed by atoms with Crippen molar-refractivity contribution in [2.24, 2.45) is 0 Å². The maximum Gasteiger partial charge on any atom is 0.485 e. The second-order valence-corrected chi connectivity index (χ2v) is 11.3. The molecule has 0 heterocycles. The number of rotatable bonds is 4. The van der Waals surface area contributed by atoms with Crippen molar-refractivity contribution in [2.75, 3.05) is 0 Å². The summed E-state index contributed by atoms with van der Waals surface area (Å²) in [6.07, 6.45) is 2.79. The first-order valence-corrected chi connectivity index (χ1v) is 13.0. The Labute approximate surface area is 162 Å². The zero-order valence-corrected chi connectivity index (χ0v) is 18.0. The third-order valence-electron chi connectivity index (χ3n) is 2.20. The van der Waals surface area contributed by atoms with Gasteiger partial charge in [-0.15, -0.1) is 0 Å². The Morgan fingerprint density at radius 2 is 1.19 bits per heavy atom. The van der Waals surface area contributed by atoms with Gasteiger partial charge in [0.05, 0.1) is 0 Å². The van der Waals surface area contributed by atoms with Crippen molar-refractivity contribution < 1.29 is 52.3 Å². The van der Waals surface area contributed by atoms with Crippen molar-refractivity contribution in [1.82, 2.24) is 0 Å². The van der Waals surface area contributed by atoms with Crippen LogP contribution in [-0.4, -0.2) is 58.1 Å². The van der Waals surface area contributed by atoms with E-state index in [4.69, 9.17) is 25.9 Å². The van der Waals surface area contributed by atoms with Gasteiger partial charge in [-0.05, 0) is 0 Å². The summed E-state index contributed by atoms with van der Waals surface area (Å²) < 4.78 is 121. The van der Waals surface area contributed by atoms with Gasteiger partial charge < -0.3 is 9.11 Å². The van der Waals surface area contributed by atoms with Crippen LogP contribution in [0.5, 0.6) is 0 Å². The van der Waals surface area contributed by atoms with Crippen molar-refractivity contribution in [3.8, 4) is 0 Å². The number of unbranched alkanes of at least 4 members (excludes halogenated alkanes) is 1. The van der Waals surface area contributed by atoms with Gasteiger partial charge in [0.25, 0.3) is 0 Å². The SMILES string of the molecule is CCC[CH2][Sn+2][c]1ccccc1.O=S(=O)([O-])C(F)(F)F.O=S(=O)([O-])C(F)(F)F. The Hall–Kier alpha value is -0.581. The fourth-order valence-electron chi connectivity index (χ4n) is 0.966. The minimum Gasteiger partial charge on any atom is -0.741 e. The Kier molecular flexibility index (Phi) is 12.8. The molecule has 0 unspecified atom stereocenters. The molecule has 1 aromatic rings. The molecule has 0 saturated heterocycles. The first-order chi connectivity index (χ1) is 11.9. The predicted octanol–water partition coefficient (Wildman–Crippen LogP) is 2.34. The van der Waals surface area contributed by atoms with Crippen LogP contribution in [-0.2, 0) is 20.2 Å². The van der Waals surface area contributed by atoms with E-state index in [0.29, 0.717) is 0 Å². The van der Waals surface area contributed by atoms with E-state index < -0.39 is 31.3 Å². The largest absolute Gasteiger partial charge is 0.741 e. The van der Waals surface area contributed by atoms with E-state index in [1.165, 1.54) is 17.3 Å². The van der Waals surface area contributed by atoms with Gasteiger partial charge in [0.15, 0.2) is 20.2 Å². The molecule has 0 N–H and O–H groups in total. The van der Waals surface area contributed by atoms with Crippen molar-refractivity contribution in [3.63, 3.8) is 0 Å². The normalized spacial score (nSPS) is 12.0. The van der Waals surface area contributed by atoms with E-state index in [-0.39, 0.29) is 21.1 Å². The smallest absolute Gasteiger partial charge is 0.485 e. The average Bonchev–Trinajstić information content (AvgIpc) is 2.46. The molecule has 156 valence electrons. The van der Waals surface area contributed by atoms with Crippen molar-refractivity contribution in [2.45, 2.75) is 35.2 Å². The van der Waals surface area contributed by atoms with Gasteiger partial charge in [0, 0.05) is 0 Å². The summed E-state index contributed by atoms with van der Waals surface area (Å²) in [5, 5.41) is 0. The summed E-state index contributed by atoms with van der Waals surface area (Å²) >= 11 is -0.184. The predicted molar refractivity (Wildman–Crippen MR) is 83.0 cm³/mol. The van der Waals surface area contributed by atoms with Crippen LogP contribution in [0.3, 0.4) is 0 Å². The van der Waals surface area contributed by atoms with Crippen LogP contribution in [0.25, 0.3) is 0 Å². The van der Waals surface area contributed by atoms with Crippen molar-refractivity contribution in [1.29, 1.82) is 0 Å². The Bertz CT molecular complexity index is 690. The van der Waals surface area contributed by atoms with Crippen LogP contribution in [0.4, 0.5) is 26.3 Å². The Morgan fingerprint density at radius 3 is 1.44 bits per heavy atom. The molecular weight excluding hydrogens is 537 g/mol. The average molecular weight is 551 g/mol. The number of halogens is 6. The molecule has 0 fully saturated rings. The molecule has 6 nitrogen and oxygen atoms in total. The summed E-state index contributed by atoms with van der Waals surface area (Å²) in [6.45, 7) is 2.27. The van der Waals surface area contributed by atoms with Gasteiger partial charge >= 0.3 is 90.3 Å². The fraction of sp³-hybridized carbons (Fsp3) is 0.500. The molecule has 15 heteroatoms. The molecule has 0 amide bonds. The maximum absolute atomic E-state index is 10.7. The van der Waals surface area contributed by atoms with Gasteiger partial charge in [-0.2, -0.15) is 26.3 Å². The molecule has 0 bridgehead atoms. The van der Waals surface area contributed by atoms with E-state index in [1.807, 2.05) is 0 Å². The topological polar surface area (TPSA) is 114 Å². The van der Waals surface area contributed by atoms with E-state index in [0.717, 1.165) is 0 Å². The zero-order valence-electron chi connectivity index (χ0n) is 13.5. The molecule has 0 aliphatic rings. The van der Waals surface area contributed by atoms with E-state index in [1.54, 1.807) is 3.58 Å². The van der Waals surface area contributed by atoms with Crippen molar-refractivity contribution in [3.05, 3.63) is 30.3 Å². The van der Waals surface area contributed by atoms with E-state index in [2.05, 4.69) is 37.3 Å². The van der Waals surface area contributed by atoms with Gasteiger partial charge in [-0.3, -0.25) is 0 Å². The van der Waals surface area contributed by atoms with Crippen LogP contribution in [0, 0.1) is 0 Å². The molecule has 0 radical (unpaired) electrons. The summed E-state index contributed by atoms with van der Waals surface area (Å²) in [4.78, 5) is 0. The number of benzene rings is 1. The van der Waals surface area contributed by atoms with E-state index >= 15 is 0 Å². The summed E-state index contributed by atoms with van der Waals surface area (Å²) in [6, 6.07) is 11.0. The maximum atomic E-state index is 10.7. The van der Waals surface area contributed by atoms with Gasteiger partial charge in [0.2, 0.25) is 0 Å². The first kappa shape index (κ1) is 28.6. The molecule has 1 aromatic carbocycles. The van der Waals surface area contributed by atoms with E-state index in [9.17, 15) is 26.3 Å². The van der Waals surface area contributed by atoms with Gasteiger partial charge in [0.1, 0.15) is 0 Å². The summed E-state index contributed by atoms with van der Waals surface area (Å²) in [5.74, 6) is 0. The fourth-order valence-corrected chi connectivity index (χ4v) is 4.53. The summed E-state index contributed by atoms with van der Waals surface area (Å²) in [7, 11) is -12.2. The van der Waals surface area contributed by atoms with Gasteiger partial charge in [-0.25, -0.2) is 16.8 Å². The molecule has 1 rings (SSSR count). The number of hydrogen-bond donors (Lipinski definition) is 0. The number of alkyl halides is 6. The molecule has 0 aliphatic carbocycles. The van der Waals surface area contributed by atoms with Crippen LogP contribution in [0.1, 0.15) is 19.8 Å². The molecule has 0 saturated carbocycles. The third-order valence-corrected chi connectivity index (χ3v) is 7.17. The van der Waals surface area contributed by atoms with Gasteiger partial charge in [-0.1, -0.05) is 0 Å². The molecule has 27 heavy (non-hydrogen) atoms. The van der Waals surface area contributed by atoms with Crippen LogP contribution >= 0.6 is 0 Å². The Morgan fingerprint density at radius 1 is 0.852 bits per heavy atom. The second kappa shape index (κ2) is 12.1. The molecule has 0 aliphatic heterocycles. The van der Waals surface area contributed by atoms with Crippen LogP contribution < -0.4 is 3.58 Å². The molecule has 0 atom stereocenters. The van der Waals surface area contributed by atoms with Crippen LogP contribution in [0.15, 0.2) is 30.3 Å². The Balaban J connectivity index is 0. The zero-order chi connectivity index (χ0) is 21.9. The minimum absolute atomic E-state index is 0.184. The quantitative estimate of drug-likeness (QED) is 0.187. The summed E-state index contributed by atoms with van der Waals surface area (Å²) in [5.41, 5.74) is -11.3. The molecule has 0 spiro atoms. The van der Waals surface area contributed by atoms with Crippen LogP contribution in [0.2, 0.25) is 4.44 Å².